The molecule has 1 heterocycles. The molecule has 0 saturated carbocycles. The van der Waals surface area contributed by atoms with Crippen LogP contribution in [0.15, 0.2) is 12.1 Å². The van der Waals surface area contributed by atoms with Crippen LogP contribution < -0.4 is 5.73 Å². The zero-order chi connectivity index (χ0) is 11.2. The molecule has 2 rings (SSSR count). The molecule has 5 heteroatoms. The van der Waals surface area contributed by atoms with Gasteiger partial charge in [0.1, 0.15) is 17.2 Å². The van der Waals surface area contributed by atoms with E-state index in [1.54, 1.807) is 18.5 Å². The van der Waals surface area contributed by atoms with E-state index in [0.29, 0.717) is 11.3 Å². The Morgan fingerprint density at radius 2 is 2.07 bits per heavy atom. The fraction of sp³-hybridized carbons (Fsp3) is 0.300. The van der Waals surface area contributed by atoms with Gasteiger partial charge in [-0.15, -0.1) is 0 Å². The van der Waals surface area contributed by atoms with Gasteiger partial charge in [-0.1, -0.05) is 0 Å². The summed E-state index contributed by atoms with van der Waals surface area (Å²) in [6.45, 7) is 1.75. The summed E-state index contributed by atoms with van der Waals surface area (Å²) < 4.78 is 27.9. The van der Waals surface area contributed by atoms with Crippen molar-refractivity contribution in [3.8, 4) is 0 Å². The normalized spacial score (nSPS) is 13.4. The van der Waals surface area contributed by atoms with Gasteiger partial charge >= 0.3 is 0 Å². The molecule has 0 saturated heterocycles. The summed E-state index contributed by atoms with van der Waals surface area (Å²) in [5.41, 5.74) is 6.24. The Morgan fingerprint density at radius 3 is 2.67 bits per heavy atom. The largest absolute Gasteiger partial charge is 0.327 e. The molecule has 0 aliphatic carbocycles. The standard InChI is InChI=1S/C10H11F2N3/c1-5(13)10-14-8-4-6(11)3-7(12)9(8)15(10)2/h3-5H,13H2,1-2H3. The number of nitrogens with two attached hydrogens (primary N) is 1. The van der Waals surface area contributed by atoms with Crippen LogP contribution in [0, 0.1) is 11.6 Å². The van der Waals surface area contributed by atoms with Crippen molar-refractivity contribution in [1.29, 1.82) is 0 Å². The third kappa shape index (κ3) is 1.48. The molecule has 1 unspecified atom stereocenters. The van der Waals surface area contributed by atoms with Gasteiger partial charge in [-0.25, -0.2) is 13.8 Å². The number of hydrogen-bond donors (Lipinski definition) is 1. The van der Waals surface area contributed by atoms with Crippen molar-refractivity contribution in [2.45, 2.75) is 13.0 Å². The predicted molar refractivity (Wildman–Crippen MR) is 53.2 cm³/mol. The van der Waals surface area contributed by atoms with Crippen LogP contribution in [0.5, 0.6) is 0 Å². The molecule has 2 N–H and O–H groups in total. The summed E-state index contributed by atoms with van der Waals surface area (Å²) in [5, 5.41) is 0. The molecule has 3 nitrogen and oxygen atoms in total. The molecule has 0 aliphatic heterocycles. The number of benzene rings is 1. The van der Waals surface area contributed by atoms with Gasteiger partial charge < -0.3 is 10.3 Å². The first kappa shape index (κ1) is 10.0. The van der Waals surface area contributed by atoms with Crippen molar-refractivity contribution in [2.24, 2.45) is 12.8 Å². The third-order valence-corrected chi connectivity index (χ3v) is 2.33. The molecule has 80 valence electrons. The lowest BCUT2D eigenvalue weighted by Gasteiger charge is -2.04. The summed E-state index contributed by atoms with van der Waals surface area (Å²) in [5.74, 6) is -0.712. The maximum atomic E-state index is 13.4. The number of rotatable bonds is 1. The van der Waals surface area contributed by atoms with Gasteiger partial charge in [0, 0.05) is 19.2 Å². The van der Waals surface area contributed by atoms with Crippen LogP contribution in [-0.4, -0.2) is 9.55 Å². The van der Waals surface area contributed by atoms with Gasteiger partial charge in [0.2, 0.25) is 0 Å². The van der Waals surface area contributed by atoms with Crippen LogP contribution in [0.25, 0.3) is 11.0 Å². The van der Waals surface area contributed by atoms with Gasteiger partial charge in [-0.05, 0) is 6.92 Å². The summed E-state index contributed by atoms with van der Waals surface area (Å²) in [7, 11) is 1.66. The molecule has 0 fully saturated rings. The van der Waals surface area contributed by atoms with Crippen LogP contribution in [0.2, 0.25) is 0 Å². The summed E-state index contributed by atoms with van der Waals surface area (Å²) in [4.78, 5) is 4.09. The molecule has 0 spiro atoms. The SMILES string of the molecule is CC(N)c1nc2cc(F)cc(F)c2n1C. The minimum Gasteiger partial charge on any atom is -0.327 e. The lowest BCUT2D eigenvalue weighted by molar-refractivity contribution is 0.587. The Bertz CT molecular complexity index is 517. The molecule has 1 atom stereocenters. The van der Waals surface area contributed by atoms with Crippen molar-refractivity contribution in [2.75, 3.05) is 0 Å². The molecule has 0 bridgehead atoms. The zero-order valence-electron chi connectivity index (χ0n) is 8.46. The molecular formula is C10H11F2N3. The maximum Gasteiger partial charge on any atom is 0.152 e. The smallest absolute Gasteiger partial charge is 0.152 e. The lowest BCUT2D eigenvalue weighted by atomic mass is 10.3. The second-order valence-corrected chi connectivity index (χ2v) is 3.57. The number of aromatic nitrogens is 2. The average Bonchev–Trinajstić information content (AvgIpc) is 2.42. The Balaban J connectivity index is 2.82. The van der Waals surface area contributed by atoms with Crippen LogP contribution in [-0.2, 0) is 7.05 Å². The van der Waals surface area contributed by atoms with Gasteiger partial charge in [0.05, 0.1) is 11.6 Å². The van der Waals surface area contributed by atoms with Crippen LogP contribution in [0.4, 0.5) is 8.78 Å². The highest BCUT2D eigenvalue weighted by Gasteiger charge is 2.15. The maximum absolute atomic E-state index is 13.4. The van der Waals surface area contributed by atoms with E-state index >= 15 is 0 Å². The lowest BCUT2D eigenvalue weighted by Crippen LogP contribution is -2.11. The van der Waals surface area contributed by atoms with E-state index in [1.165, 1.54) is 6.07 Å². The van der Waals surface area contributed by atoms with Crippen LogP contribution in [0.3, 0.4) is 0 Å². The Morgan fingerprint density at radius 1 is 1.40 bits per heavy atom. The highest BCUT2D eigenvalue weighted by Crippen LogP contribution is 2.22. The first-order valence-electron chi connectivity index (χ1n) is 4.57. The molecule has 0 radical (unpaired) electrons. The Hall–Kier alpha value is -1.49. The number of hydrogen-bond acceptors (Lipinski definition) is 2. The third-order valence-electron chi connectivity index (χ3n) is 2.33. The molecule has 2 aromatic rings. The second-order valence-electron chi connectivity index (χ2n) is 3.57. The van der Waals surface area contributed by atoms with Crippen molar-refractivity contribution in [1.82, 2.24) is 9.55 Å². The fourth-order valence-electron chi connectivity index (χ4n) is 1.69. The Kier molecular flexibility index (Phi) is 2.19. The van der Waals surface area contributed by atoms with E-state index in [4.69, 9.17) is 5.73 Å². The van der Waals surface area contributed by atoms with Crippen LogP contribution in [0.1, 0.15) is 18.8 Å². The summed E-state index contributed by atoms with van der Waals surface area (Å²) in [6, 6.07) is 1.73. The number of nitrogens with zero attached hydrogens (tertiary/aromatic N) is 2. The number of halogens is 2. The first-order chi connectivity index (χ1) is 7.00. The quantitative estimate of drug-likeness (QED) is 0.782. The van der Waals surface area contributed by atoms with E-state index in [2.05, 4.69) is 4.98 Å². The van der Waals surface area contributed by atoms with E-state index < -0.39 is 11.6 Å². The summed E-state index contributed by atoms with van der Waals surface area (Å²) >= 11 is 0. The molecule has 1 aromatic heterocycles. The van der Waals surface area contributed by atoms with E-state index in [1.807, 2.05) is 0 Å². The topological polar surface area (TPSA) is 43.8 Å². The van der Waals surface area contributed by atoms with Crippen molar-refractivity contribution in [3.63, 3.8) is 0 Å². The molecular weight excluding hydrogens is 200 g/mol. The number of fused-ring (bicyclic) bond motifs is 1. The highest BCUT2D eigenvalue weighted by atomic mass is 19.1. The average molecular weight is 211 g/mol. The molecule has 0 aliphatic rings. The zero-order valence-corrected chi connectivity index (χ0v) is 8.46. The number of aryl methyl sites for hydroxylation is 1. The monoisotopic (exact) mass is 211 g/mol. The fourth-order valence-corrected chi connectivity index (χ4v) is 1.69. The van der Waals surface area contributed by atoms with E-state index in [0.717, 1.165) is 6.07 Å². The molecule has 15 heavy (non-hydrogen) atoms. The summed E-state index contributed by atoms with van der Waals surface area (Å²) in [6.07, 6.45) is 0. The second kappa shape index (κ2) is 3.27. The molecule has 1 aromatic carbocycles. The molecule has 0 amide bonds. The van der Waals surface area contributed by atoms with Gasteiger partial charge in [-0.2, -0.15) is 0 Å². The van der Waals surface area contributed by atoms with Gasteiger partial charge in [0.15, 0.2) is 5.82 Å². The highest BCUT2D eigenvalue weighted by molar-refractivity contribution is 5.76. The van der Waals surface area contributed by atoms with Gasteiger partial charge in [-0.3, -0.25) is 0 Å². The predicted octanol–water partition coefficient (Wildman–Crippen LogP) is 1.87. The minimum atomic E-state index is -0.630. The van der Waals surface area contributed by atoms with Crippen LogP contribution >= 0.6 is 0 Å². The van der Waals surface area contributed by atoms with E-state index in [9.17, 15) is 8.78 Å². The van der Waals surface area contributed by atoms with Crippen molar-refractivity contribution < 1.29 is 8.78 Å². The van der Waals surface area contributed by atoms with Crippen molar-refractivity contribution in [3.05, 3.63) is 29.6 Å². The van der Waals surface area contributed by atoms with Crippen molar-refractivity contribution >= 4 is 11.0 Å². The van der Waals surface area contributed by atoms with Gasteiger partial charge in [0.25, 0.3) is 0 Å². The first-order valence-corrected chi connectivity index (χ1v) is 4.57. The Labute approximate surface area is 85.5 Å². The minimum absolute atomic E-state index is 0.281. The van der Waals surface area contributed by atoms with E-state index in [-0.39, 0.29) is 11.6 Å². The number of imidazole rings is 1.